The number of benzene rings is 2. The van der Waals surface area contributed by atoms with E-state index in [0.717, 1.165) is 12.1 Å². The lowest BCUT2D eigenvalue weighted by Gasteiger charge is -2.12. The number of halogens is 5. The third-order valence-electron chi connectivity index (χ3n) is 4.07. The fourth-order valence-corrected chi connectivity index (χ4v) is 3.35. The van der Waals surface area contributed by atoms with Crippen LogP contribution in [0.4, 0.5) is 13.2 Å². The third-order valence-corrected chi connectivity index (χ3v) is 4.85. The van der Waals surface area contributed by atoms with Crippen molar-refractivity contribution in [2.45, 2.75) is 19.6 Å². The second-order valence-corrected chi connectivity index (χ2v) is 6.59. The summed E-state index contributed by atoms with van der Waals surface area (Å²) in [5.41, 5.74) is 1.07. The maximum Gasteiger partial charge on any atom is 0.416 e. The van der Waals surface area contributed by atoms with E-state index in [2.05, 4.69) is 11.7 Å². The van der Waals surface area contributed by atoms with Crippen molar-refractivity contribution in [3.63, 3.8) is 0 Å². The Morgan fingerprint density at radius 2 is 1.92 bits per heavy atom. The highest BCUT2D eigenvalue weighted by molar-refractivity contribution is 6.37. The molecule has 1 aromatic heterocycles. The van der Waals surface area contributed by atoms with Gasteiger partial charge >= 0.3 is 6.18 Å². The van der Waals surface area contributed by atoms with Gasteiger partial charge in [-0.05, 0) is 37.3 Å². The smallest absolute Gasteiger partial charge is 0.416 e. The Morgan fingerprint density at radius 3 is 2.54 bits per heavy atom. The van der Waals surface area contributed by atoms with E-state index in [9.17, 15) is 18.3 Å². The largest absolute Gasteiger partial charge is 0.508 e. The molecule has 0 amide bonds. The first-order chi connectivity index (χ1) is 12.1. The van der Waals surface area contributed by atoms with E-state index < -0.39 is 11.7 Å². The summed E-state index contributed by atoms with van der Waals surface area (Å²) in [6, 6.07) is 6.56. The molecule has 8 heteroatoms. The standard InChI is InChI=1S/C18H13Cl2F3N2O/c1-9-13-7-11(18(21,22)23)3-6-16(13)25(24-9)8-14-15(19)5-4-12(10(2)26)17(14)20/h3-7,26H,2,8H2,1H3. The van der Waals surface area contributed by atoms with Crippen LogP contribution in [0.15, 0.2) is 36.9 Å². The highest BCUT2D eigenvalue weighted by atomic mass is 35.5. The second-order valence-electron chi connectivity index (χ2n) is 5.81. The quantitative estimate of drug-likeness (QED) is 0.527. The molecule has 3 aromatic rings. The second kappa shape index (κ2) is 6.52. The fraction of sp³-hybridized carbons (Fsp3) is 0.167. The molecule has 0 aliphatic rings. The lowest BCUT2D eigenvalue weighted by molar-refractivity contribution is -0.137. The van der Waals surface area contributed by atoms with Crippen LogP contribution in [0.5, 0.6) is 0 Å². The SMILES string of the molecule is C=C(O)c1ccc(Cl)c(Cn2nc(C)c3cc(C(F)(F)F)ccc32)c1Cl. The number of hydrogen-bond acceptors (Lipinski definition) is 2. The van der Waals surface area contributed by atoms with Gasteiger partial charge in [0.1, 0.15) is 5.76 Å². The Hall–Kier alpha value is -2.18. The first-order valence-electron chi connectivity index (χ1n) is 7.49. The molecule has 0 bridgehead atoms. The molecule has 3 rings (SSSR count). The summed E-state index contributed by atoms with van der Waals surface area (Å²) in [7, 11) is 0. The zero-order chi connectivity index (χ0) is 19.2. The number of hydrogen-bond donors (Lipinski definition) is 1. The Labute approximate surface area is 157 Å². The van der Waals surface area contributed by atoms with Crippen molar-refractivity contribution in [1.29, 1.82) is 0 Å². The minimum atomic E-state index is -4.43. The fourth-order valence-electron chi connectivity index (χ4n) is 2.75. The number of nitrogens with zero attached hydrogens (tertiary/aromatic N) is 2. The minimum absolute atomic E-state index is 0.133. The molecular formula is C18H13Cl2F3N2O. The maximum atomic E-state index is 12.9. The lowest BCUT2D eigenvalue weighted by atomic mass is 10.1. The summed E-state index contributed by atoms with van der Waals surface area (Å²) in [5, 5.41) is 14.9. The van der Waals surface area contributed by atoms with Gasteiger partial charge in [0.25, 0.3) is 0 Å². The van der Waals surface area contributed by atoms with Gasteiger partial charge in [-0.25, -0.2) is 0 Å². The van der Waals surface area contributed by atoms with Crippen molar-refractivity contribution < 1.29 is 18.3 Å². The van der Waals surface area contributed by atoms with Gasteiger partial charge in [-0.1, -0.05) is 29.8 Å². The minimum Gasteiger partial charge on any atom is -0.508 e. The van der Waals surface area contributed by atoms with Crippen LogP contribution in [0, 0.1) is 6.92 Å². The lowest BCUT2D eigenvalue weighted by Crippen LogP contribution is -2.06. The molecule has 0 saturated carbocycles. The number of fused-ring (bicyclic) bond motifs is 1. The molecule has 136 valence electrons. The molecule has 1 heterocycles. The molecule has 26 heavy (non-hydrogen) atoms. The van der Waals surface area contributed by atoms with Gasteiger partial charge in [0.15, 0.2) is 0 Å². The van der Waals surface area contributed by atoms with Crippen molar-refractivity contribution in [2.24, 2.45) is 0 Å². The number of rotatable bonds is 3. The van der Waals surface area contributed by atoms with Gasteiger partial charge in [-0.3, -0.25) is 4.68 Å². The molecule has 2 aromatic carbocycles. The molecule has 0 radical (unpaired) electrons. The number of aliphatic hydroxyl groups excluding tert-OH is 1. The maximum absolute atomic E-state index is 12.9. The van der Waals surface area contributed by atoms with Crippen LogP contribution < -0.4 is 0 Å². The van der Waals surface area contributed by atoms with Gasteiger partial charge in [-0.2, -0.15) is 18.3 Å². The number of aromatic nitrogens is 2. The van der Waals surface area contributed by atoms with Crippen LogP contribution >= 0.6 is 23.2 Å². The summed E-state index contributed by atoms with van der Waals surface area (Å²) in [5.74, 6) is -0.204. The highest BCUT2D eigenvalue weighted by Crippen LogP contribution is 2.34. The van der Waals surface area contributed by atoms with Gasteiger partial charge < -0.3 is 5.11 Å². The Bertz CT molecular complexity index is 1030. The van der Waals surface area contributed by atoms with E-state index in [1.165, 1.54) is 10.7 Å². The number of aliphatic hydroxyl groups is 1. The molecule has 0 saturated heterocycles. The normalized spacial score (nSPS) is 11.9. The predicted molar refractivity (Wildman–Crippen MR) is 96.7 cm³/mol. The molecule has 0 spiro atoms. The van der Waals surface area contributed by atoms with E-state index in [-0.39, 0.29) is 17.3 Å². The van der Waals surface area contributed by atoms with Gasteiger partial charge in [0, 0.05) is 21.5 Å². The van der Waals surface area contributed by atoms with Crippen LogP contribution in [0.25, 0.3) is 16.7 Å². The van der Waals surface area contributed by atoms with Crippen molar-refractivity contribution in [2.75, 3.05) is 0 Å². The summed E-state index contributed by atoms with van der Waals surface area (Å²) in [6.07, 6.45) is -4.43. The molecule has 3 nitrogen and oxygen atoms in total. The average Bonchev–Trinajstić information content (AvgIpc) is 2.86. The Balaban J connectivity index is 2.11. The summed E-state index contributed by atoms with van der Waals surface area (Å²) in [6.45, 7) is 5.22. The van der Waals surface area contributed by atoms with E-state index in [1.54, 1.807) is 19.1 Å². The van der Waals surface area contributed by atoms with E-state index >= 15 is 0 Å². The van der Waals surface area contributed by atoms with Gasteiger partial charge in [0.05, 0.1) is 28.3 Å². The van der Waals surface area contributed by atoms with Gasteiger partial charge in [-0.15, -0.1) is 0 Å². The first-order valence-corrected chi connectivity index (χ1v) is 8.24. The van der Waals surface area contributed by atoms with Crippen LogP contribution in [0.1, 0.15) is 22.4 Å². The van der Waals surface area contributed by atoms with Crippen LogP contribution in [-0.4, -0.2) is 14.9 Å². The number of aryl methyl sites for hydroxylation is 1. The van der Waals surface area contributed by atoms with E-state index in [1.807, 2.05) is 0 Å². The molecule has 0 fully saturated rings. The molecule has 0 aliphatic carbocycles. The molecule has 0 aliphatic heterocycles. The molecular weight excluding hydrogens is 388 g/mol. The summed E-state index contributed by atoms with van der Waals surface area (Å²) < 4.78 is 40.3. The van der Waals surface area contributed by atoms with E-state index in [0.29, 0.717) is 32.7 Å². The predicted octanol–water partition coefficient (Wildman–Crippen LogP) is 6.25. The zero-order valence-electron chi connectivity index (χ0n) is 13.5. The van der Waals surface area contributed by atoms with Crippen LogP contribution in [-0.2, 0) is 12.7 Å². The molecule has 0 atom stereocenters. The Kier molecular flexibility index (Phi) is 4.67. The monoisotopic (exact) mass is 400 g/mol. The van der Waals surface area contributed by atoms with Crippen molar-refractivity contribution >= 4 is 39.9 Å². The average molecular weight is 401 g/mol. The third kappa shape index (κ3) is 3.27. The van der Waals surface area contributed by atoms with Gasteiger partial charge in [0.2, 0.25) is 0 Å². The Morgan fingerprint density at radius 1 is 1.23 bits per heavy atom. The molecule has 0 unspecified atom stereocenters. The first kappa shape index (κ1) is 18.6. The van der Waals surface area contributed by atoms with E-state index in [4.69, 9.17) is 23.2 Å². The zero-order valence-corrected chi connectivity index (χ0v) is 15.0. The van der Waals surface area contributed by atoms with Crippen LogP contribution in [0.2, 0.25) is 10.0 Å². The van der Waals surface area contributed by atoms with Crippen molar-refractivity contribution in [3.05, 3.63) is 69.3 Å². The van der Waals surface area contributed by atoms with Crippen molar-refractivity contribution in [1.82, 2.24) is 9.78 Å². The highest BCUT2D eigenvalue weighted by Gasteiger charge is 2.31. The summed E-state index contributed by atoms with van der Waals surface area (Å²) >= 11 is 12.5. The summed E-state index contributed by atoms with van der Waals surface area (Å²) in [4.78, 5) is 0. The molecule has 1 N–H and O–H groups in total. The van der Waals surface area contributed by atoms with Crippen molar-refractivity contribution in [3.8, 4) is 0 Å². The number of alkyl halides is 3. The topological polar surface area (TPSA) is 38.0 Å². The van der Waals surface area contributed by atoms with Crippen LogP contribution in [0.3, 0.4) is 0 Å².